The summed E-state index contributed by atoms with van der Waals surface area (Å²) >= 11 is 0. The Balaban J connectivity index is 1.90. The highest BCUT2D eigenvalue weighted by Crippen LogP contribution is 2.25. The number of para-hydroxylation sites is 1. The molecule has 0 atom stereocenters. The van der Waals surface area contributed by atoms with Gasteiger partial charge in [-0.1, -0.05) is 31.2 Å². The number of amides is 1. The van der Waals surface area contributed by atoms with Crippen molar-refractivity contribution in [3.05, 3.63) is 58.7 Å². The predicted octanol–water partition coefficient (Wildman–Crippen LogP) is 3.05. The summed E-state index contributed by atoms with van der Waals surface area (Å²) < 4.78 is 27.9. The summed E-state index contributed by atoms with van der Waals surface area (Å²) in [6.45, 7) is 8.07. The molecular formula is C22H29N3O3S. The number of sulfonamides is 1. The lowest BCUT2D eigenvalue weighted by atomic mass is 10.1. The number of hydrogen-bond donors (Lipinski definition) is 1. The number of aryl methyl sites for hydroxylation is 3. The van der Waals surface area contributed by atoms with E-state index >= 15 is 0 Å². The van der Waals surface area contributed by atoms with Crippen LogP contribution in [0.4, 0.5) is 5.69 Å². The smallest absolute Gasteiger partial charge is 0.255 e. The zero-order valence-corrected chi connectivity index (χ0v) is 18.3. The van der Waals surface area contributed by atoms with Gasteiger partial charge in [-0.15, -0.1) is 0 Å². The van der Waals surface area contributed by atoms with E-state index < -0.39 is 10.0 Å². The molecular weight excluding hydrogens is 386 g/mol. The van der Waals surface area contributed by atoms with E-state index in [0.29, 0.717) is 37.3 Å². The monoisotopic (exact) mass is 415 g/mol. The number of rotatable bonds is 5. The summed E-state index contributed by atoms with van der Waals surface area (Å²) in [6.07, 6.45) is 0.800. The summed E-state index contributed by atoms with van der Waals surface area (Å²) in [5.41, 5.74) is 3.81. The van der Waals surface area contributed by atoms with Crippen molar-refractivity contribution >= 4 is 21.6 Å². The molecule has 1 N–H and O–H groups in total. The van der Waals surface area contributed by atoms with Crippen LogP contribution in [0, 0.1) is 13.8 Å². The second-order valence-electron chi connectivity index (χ2n) is 7.60. The minimum absolute atomic E-state index is 0.204. The fraction of sp³-hybridized carbons (Fsp3) is 0.409. The number of piperazine rings is 1. The molecule has 0 saturated carbocycles. The normalized spacial score (nSPS) is 16.0. The molecule has 0 aromatic heterocycles. The summed E-state index contributed by atoms with van der Waals surface area (Å²) in [6, 6.07) is 10.8. The first-order valence-electron chi connectivity index (χ1n) is 9.93. The van der Waals surface area contributed by atoms with Crippen LogP contribution in [0.1, 0.15) is 34.0 Å². The first kappa shape index (κ1) is 21.5. The fourth-order valence-electron chi connectivity index (χ4n) is 3.57. The number of carbonyl (C=O) groups is 1. The van der Waals surface area contributed by atoms with E-state index in [1.54, 1.807) is 19.1 Å². The van der Waals surface area contributed by atoms with Crippen LogP contribution in [0.2, 0.25) is 0 Å². The molecule has 1 amide bonds. The first-order valence-corrected chi connectivity index (χ1v) is 11.4. The molecule has 0 spiro atoms. The molecule has 156 valence electrons. The van der Waals surface area contributed by atoms with Gasteiger partial charge in [-0.25, -0.2) is 8.42 Å². The number of nitrogens with one attached hydrogen (secondary N) is 1. The largest absolute Gasteiger partial charge is 0.321 e. The minimum Gasteiger partial charge on any atom is -0.321 e. The third kappa shape index (κ3) is 4.52. The molecule has 1 aliphatic heterocycles. The van der Waals surface area contributed by atoms with E-state index in [-0.39, 0.29) is 10.8 Å². The number of nitrogens with zero attached hydrogens (tertiary/aromatic N) is 2. The van der Waals surface area contributed by atoms with Crippen molar-refractivity contribution in [2.45, 2.75) is 32.1 Å². The number of hydrogen-bond acceptors (Lipinski definition) is 4. The molecule has 0 radical (unpaired) electrons. The van der Waals surface area contributed by atoms with Crippen LogP contribution in [0.15, 0.2) is 41.3 Å². The zero-order valence-electron chi connectivity index (χ0n) is 17.5. The molecule has 2 aromatic rings. The van der Waals surface area contributed by atoms with Crippen LogP contribution in [0.5, 0.6) is 0 Å². The molecule has 7 heteroatoms. The SMILES string of the molecule is CCc1cccc(C)c1NC(=O)c1ccc(C)c(S(=O)(=O)N2CCN(C)CC2)c1. The Morgan fingerprint density at radius 3 is 2.38 bits per heavy atom. The topological polar surface area (TPSA) is 69.7 Å². The highest BCUT2D eigenvalue weighted by atomic mass is 32.2. The maximum Gasteiger partial charge on any atom is 0.255 e. The van der Waals surface area contributed by atoms with E-state index in [1.165, 1.54) is 10.4 Å². The summed E-state index contributed by atoms with van der Waals surface area (Å²) in [7, 11) is -1.66. The molecule has 0 bridgehead atoms. The highest BCUT2D eigenvalue weighted by Gasteiger charge is 2.29. The number of benzene rings is 2. The Labute approximate surface area is 173 Å². The molecule has 3 rings (SSSR count). The van der Waals surface area contributed by atoms with Gasteiger partial charge in [-0.05, 0) is 56.1 Å². The van der Waals surface area contributed by atoms with Crippen LogP contribution in [0.3, 0.4) is 0 Å². The summed E-state index contributed by atoms with van der Waals surface area (Å²) in [5.74, 6) is -0.302. The van der Waals surface area contributed by atoms with Gasteiger partial charge in [0.05, 0.1) is 4.90 Å². The van der Waals surface area contributed by atoms with Crippen molar-refractivity contribution < 1.29 is 13.2 Å². The van der Waals surface area contributed by atoms with E-state index in [4.69, 9.17) is 0 Å². The van der Waals surface area contributed by atoms with E-state index in [9.17, 15) is 13.2 Å². The molecule has 1 saturated heterocycles. The van der Waals surface area contributed by atoms with Gasteiger partial charge in [0.2, 0.25) is 10.0 Å². The maximum absolute atomic E-state index is 13.2. The molecule has 1 aliphatic rings. The lowest BCUT2D eigenvalue weighted by Gasteiger charge is -2.32. The Hall–Kier alpha value is -2.22. The van der Waals surface area contributed by atoms with Crippen molar-refractivity contribution in [1.29, 1.82) is 0 Å². The van der Waals surface area contributed by atoms with Crippen molar-refractivity contribution in [2.24, 2.45) is 0 Å². The molecule has 1 fully saturated rings. The Morgan fingerprint density at radius 2 is 1.72 bits per heavy atom. The zero-order chi connectivity index (χ0) is 21.2. The molecule has 6 nitrogen and oxygen atoms in total. The van der Waals surface area contributed by atoms with Crippen LogP contribution < -0.4 is 5.32 Å². The van der Waals surface area contributed by atoms with Gasteiger partial charge in [0, 0.05) is 37.4 Å². The lowest BCUT2D eigenvalue weighted by Crippen LogP contribution is -2.47. The molecule has 1 heterocycles. The van der Waals surface area contributed by atoms with Crippen molar-refractivity contribution in [3.8, 4) is 0 Å². The van der Waals surface area contributed by atoms with Crippen molar-refractivity contribution in [3.63, 3.8) is 0 Å². The van der Waals surface area contributed by atoms with E-state index in [2.05, 4.69) is 10.2 Å². The van der Waals surface area contributed by atoms with Gasteiger partial charge in [-0.3, -0.25) is 4.79 Å². The Morgan fingerprint density at radius 1 is 1.03 bits per heavy atom. The average molecular weight is 416 g/mol. The van der Waals surface area contributed by atoms with Gasteiger partial charge in [0.1, 0.15) is 0 Å². The third-order valence-electron chi connectivity index (χ3n) is 5.51. The Bertz CT molecular complexity index is 1010. The standard InChI is InChI=1S/C22H29N3O3S/c1-5-18-8-6-7-17(3)21(18)23-22(26)19-10-9-16(2)20(15-19)29(27,28)25-13-11-24(4)12-14-25/h6-10,15H,5,11-14H2,1-4H3,(H,23,26). The van der Waals surface area contributed by atoms with Crippen LogP contribution >= 0.6 is 0 Å². The predicted molar refractivity (Wildman–Crippen MR) is 116 cm³/mol. The Kier molecular flexibility index (Phi) is 6.41. The summed E-state index contributed by atoms with van der Waals surface area (Å²) in [4.78, 5) is 15.2. The quantitative estimate of drug-likeness (QED) is 0.815. The van der Waals surface area contributed by atoms with E-state index in [0.717, 1.165) is 23.2 Å². The van der Waals surface area contributed by atoms with E-state index in [1.807, 2.05) is 39.1 Å². The van der Waals surface area contributed by atoms with Gasteiger partial charge in [0.15, 0.2) is 0 Å². The molecule has 0 unspecified atom stereocenters. The van der Waals surface area contributed by atoms with Crippen LogP contribution in [-0.4, -0.2) is 56.8 Å². The lowest BCUT2D eigenvalue weighted by molar-refractivity contribution is 0.102. The van der Waals surface area contributed by atoms with Gasteiger partial charge >= 0.3 is 0 Å². The number of carbonyl (C=O) groups excluding carboxylic acids is 1. The van der Waals surface area contributed by atoms with Crippen LogP contribution in [0.25, 0.3) is 0 Å². The fourth-order valence-corrected chi connectivity index (χ4v) is 5.25. The molecule has 2 aromatic carbocycles. The number of anilines is 1. The minimum atomic E-state index is -3.64. The van der Waals surface area contributed by atoms with Crippen molar-refractivity contribution in [1.82, 2.24) is 9.21 Å². The second-order valence-corrected chi connectivity index (χ2v) is 9.51. The molecule has 29 heavy (non-hydrogen) atoms. The van der Waals surface area contributed by atoms with Gasteiger partial charge in [-0.2, -0.15) is 4.31 Å². The third-order valence-corrected chi connectivity index (χ3v) is 7.55. The molecule has 0 aliphatic carbocycles. The van der Waals surface area contributed by atoms with Crippen molar-refractivity contribution in [2.75, 3.05) is 38.5 Å². The second kappa shape index (κ2) is 8.65. The number of likely N-dealkylation sites (N-methyl/N-ethyl adjacent to an activating group) is 1. The van der Waals surface area contributed by atoms with Crippen LogP contribution in [-0.2, 0) is 16.4 Å². The summed E-state index contributed by atoms with van der Waals surface area (Å²) in [5, 5.41) is 2.98. The van der Waals surface area contributed by atoms with Gasteiger partial charge in [0.25, 0.3) is 5.91 Å². The maximum atomic E-state index is 13.2. The average Bonchev–Trinajstić information content (AvgIpc) is 2.70. The first-order chi connectivity index (χ1) is 13.7. The highest BCUT2D eigenvalue weighted by molar-refractivity contribution is 7.89. The van der Waals surface area contributed by atoms with Gasteiger partial charge < -0.3 is 10.2 Å².